The molecule has 0 unspecified atom stereocenters. The van der Waals surface area contributed by atoms with Crippen molar-refractivity contribution < 1.29 is 37.0 Å². The molecule has 1 aliphatic rings. The zero-order valence-electron chi connectivity index (χ0n) is 10.1. The van der Waals surface area contributed by atoms with Crippen molar-refractivity contribution in [2.75, 3.05) is 0 Å². The summed E-state index contributed by atoms with van der Waals surface area (Å²) in [5, 5.41) is 0. The Labute approximate surface area is 114 Å². The van der Waals surface area contributed by atoms with Crippen molar-refractivity contribution in [3.05, 3.63) is 35.4 Å². The van der Waals surface area contributed by atoms with Gasteiger partial charge in [-0.2, -0.15) is 13.2 Å². The van der Waals surface area contributed by atoms with E-state index in [1.54, 1.807) is 0 Å². The number of alkyl halides is 3. The van der Waals surface area contributed by atoms with Gasteiger partial charge in [-0.1, -0.05) is 0 Å². The Morgan fingerprint density at radius 3 is 2.14 bits per heavy atom. The molecule has 6 nitrogen and oxygen atoms in total. The molecule has 1 amide bonds. The van der Waals surface area contributed by atoms with E-state index < -0.39 is 46.6 Å². The van der Waals surface area contributed by atoms with Gasteiger partial charge in [0.25, 0.3) is 0 Å². The summed E-state index contributed by atoms with van der Waals surface area (Å²) < 4.78 is 48.4. The number of rotatable bonds is 1. The van der Waals surface area contributed by atoms with Crippen molar-refractivity contribution in [1.82, 2.24) is 0 Å². The third-order valence-corrected chi connectivity index (χ3v) is 2.44. The van der Waals surface area contributed by atoms with Crippen LogP contribution in [0.25, 0.3) is 0 Å². The van der Waals surface area contributed by atoms with Crippen LogP contribution in [0.15, 0.2) is 24.3 Å². The first kappa shape index (κ1) is 14.6. The maximum absolute atomic E-state index is 13.1. The quantitative estimate of drug-likeness (QED) is 0.621. The van der Waals surface area contributed by atoms with Crippen molar-refractivity contribution in [3.63, 3.8) is 0 Å². The Kier molecular flexibility index (Phi) is 3.42. The Morgan fingerprint density at radius 2 is 1.62 bits per heavy atom. The number of amides is 1. The van der Waals surface area contributed by atoms with Gasteiger partial charge in [0.15, 0.2) is 11.5 Å². The lowest BCUT2D eigenvalue weighted by Crippen LogP contribution is -2.23. The fourth-order valence-corrected chi connectivity index (χ4v) is 1.65. The van der Waals surface area contributed by atoms with Gasteiger partial charge < -0.3 is 15.2 Å². The second kappa shape index (κ2) is 4.93. The summed E-state index contributed by atoms with van der Waals surface area (Å²) in [6.07, 6.45) is -3.76. The average Bonchev–Trinajstić information content (AvgIpc) is 2.34. The van der Waals surface area contributed by atoms with Gasteiger partial charge in [0.1, 0.15) is 5.56 Å². The molecule has 110 valence electrons. The molecule has 0 atom stereocenters. The normalized spacial score (nSPS) is 16.1. The van der Waals surface area contributed by atoms with Crippen molar-refractivity contribution >= 4 is 17.8 Å². The molecule has 21 heavy (non-hydrogen) atoms. The summed E-state index contributed by atoms with van der Waals surface area (Å²) in [5.74, 6) is -5.38. The highest BCUT2D eigenvalue weighted by molar-refractivity contribution is 5.98. The predicted octanol–water partition coefficient (Wildman–Crippen LogP) is 1.18. The van der Waals surface area contributed by atoms with E-state index in [0.717, 1.165) is 12.1 Å². The first-order valence-corrected chi connectivity index (χ1v) is 5.36. The molecule has 9 heteroatoms. The van der Waals surface area contributed by atoms with Crippen LogP contribution in [0.5, 0.6) is 11.5 Å². The zero-order valence-corrected chi connectivity index (χ0v) is 10.1. The number of ether oxygens (including phenoxy) is 2. The highest BCUT2D eigenvalue weighted by Crippen LogP contribution is 2.44. The van der Waals surface area contributed by atoms with Gasteiger partial charge in [0.2, 0.25) is 5.91 Å². The average molecular weight is 301 g/mol. The summed E-state index contributed by atoms with van der Waals surface area (Å²) in [6, 6.07) is 1.62. The molecule has 0 spiro atoms. The number of halogens is 3. The summed E-state index contributed by atoms with van der Waals surface area (Å²) in [6.45, 7) is 0. The molecule has 0 radical (unpaired) electrons. The van der Waals surface area contributed by atoms with Crippen LogP contribution in [-0.4, -0.2) is 17.8 Å². The molecule has 0 bridgehead atoms. The van der Waals surface area contributed by atoms with Crippen molar-refractivity contribution in [2.24, 2.45) is 5.73 Å². The molecular weight excluding hydrogens is 295 g/mol. The largest absolute Gasteiger partial charge is 0.420 e. The standard InChI is InChI=1S/C12H6F3NO5/c13-12(14,15)9-5(11(16)19)1-2-6-10(9)21-8(18)4-3-7(17)20-6/h1-4H,(H2,16,19)/b4-3+. The first-order chi connectivity index (χ1) is 9.70. The fourth-order valence-electron chi connectivity index (χ4n) is 1.65. The minimum absolute atomic E-state index is 0.600. The van der Waals surface area contributed by atoms with Gasteiger partial charge in [0.05, 0.1) is 5.56 Å². The van der Waals surface area contributed by atoms with Crippen LogP contribution in [0.4, 0.5) is 13.2 Å². The summed E-state index contributed by atoms with van der Waals surface area (Å²) in [4.78, 5) is 33.7. The Hall–Kier alpha value is -2.84. The number of carbonyl (C=O) groups is 3. The monoisotopic (exact) mass is 301 g/mol. The van der Waals surface area contributed by atoms with Crippen LogP contribution in [0.3, 0.4) is 0 Å². The maximum atomic E-state index is 13.1. The summed E-state index contributed by atoms with van der Waals surface area (Å²) >= 11 is 0. The van der Waals surface area contributed by atoms with Crippen LogP contribution in [-0.2, 0) is 15.8 Å². The molecule has 1 heterocycles. The van der Waals surface area contributed by atoms with Gasteiger partial charge in [-0.05, 0) is 12.1 Å². The zero-order chi connectivity index (χ0) is 15.8. The number of fused-ring (bicyclic) bond motifs is 1. The second-order valence-electron chi connectivity index (χ2n) is 3.85. The summed E-state index contributed by atoms with van der Waals surface area (Å²) in [7, 11) is 0. The van der Waals surface area contributed by atoms with Crippen LogP contribution in [0.1, 0.15) is 15.9 Å². The SMILES string of the molecule is NC(=O)c1ccc2c(c1C(F)(F)F)OC(=O)/C=C/C(=O)O2. The Balaban J connectivity index is 2.75. The molecular formula is C12H6F3NO5. The van der Waals surface area contributed by atoms with Crippen molar-refractivity contribution in [1.29, 1.82) is 0 Å². The van der Waals surface area contributed by atoms with Gasteiger partial charge in [0, 0.05) is 12.2 Å². The number of benzene rings is 1. The number of esters is 2. The summed E-state index contributed by atoms with van der Waals surface area (Å²) in [5.41, 5.74) is 2.39. The lowest BCUT2D eigenvalue weighted by atomic mass is 10.0. The second-order valence-corrected chi connectivity index (χ2v) is 3.85. The molecule has 0 aliphatic carbocycles. The van der Waals surface area contributed by atoms with Crippen molar-refractivity contribution in [2.45, 2.75) is 6.18 Å². The molecule has 1 aliphatic heterocycles. The lowest BCUT2D eigenvalue weighted by Gasteiger charge is -2.18. The van der Waals surface area contributed by atoms with Crippen LogP contribution in [0.2, 0.25) is 0 Å². The van der Waals surface area contributed by atoms with Gasteiger partial charge in [-0.25, -0.2) is 9.59 Å². The first-order valence-electron chi connectivity index (χ1n) is 5.36. The van der Waals surface area contributed by atoms with E-state index in [9.17, 15) is 27.6 Å². The van der Waals surface area contributed by atoms with E-state index in [1.807, 2.05) is 0 Å². The van der Waals surface area contributed by atoms with E-state index in [2.05, 4.69) is 9.47 Å². The molecule has 0 saturated carbocycles. The van der Waals surface area contributed by atoms with Gasteiger partial charge >= 0.3 is 18.1 Å². The lowest BCUT2D eigenvalue weighted by molar-refractivity contribution is -0.142. The highest BCUT2D eigenvalue weighted by atomic mass is 19.4. The third kappa shape index (κ3) is 2.86. The number of hydrogen-bond acceptors (Lipinski definition) is 5. The molecule has 0 aromatic heterocycles. The molecule has 2 N–H and O–H groups in total. The van der Waals surface area contributed by atoms with E-state index in [0.29, 0.717) is 12.2 Å². The molecule has 1 aromatic rings. The van der Waals surface area contributed by atoms with Crippen LogP contribution >= 0.6 is 0 Å². The number of carbonyl (C=O) groups excluding carboxylic acids is 3. The smallest absolute Gasteiger partial charge is 0.419 e. The molecule has 1 aromatic carbocycles. The Morgan fingerprint density at radius 1 is 1.05 bits per heavy atom. The van der Waals surface area contributed by atoms with E-state index in [4.69, 9.17) is 5.73 Å². The Bertz CT molecular complexity index is 678. The number of nitrogens with two attached hydrogens (primary N) is 1. The number of primary amides is 1. The number of hydrogen-bond donors (Lipinski definition) is 1. The van der Waals surface area contributed by atoms with Crippen LogP contribution < -0.4 is 15.2 Å². The minimum Gasteiger partial charge on any atom is -0.419 e. The minimum atomic E-state index is -5.05. The van der Waals surface area contributed by atoms with Gasteiger partial charge in [-0.15, -0.1) is 0 Å². The molecule has 2 rings (SSSR count). The fraction of sp³-hybridized carbons (Fsp3) is 0.0833. The van der Waals surface area contributed by atoms with E-state index in [1.165, 1.54) is 0 Å². The van der Waals surface area contributed by atoms with Crippen molar-refractivity contribution in [3.8, 4) is 11.5 Å². The maximum Gasteiger partial charge on any atom is 0.420 e. The molecule has 0 fully saturated rings. The third-order valence-electron chi connectivity index (χ3n) is 2.44. The van der Waals surface area contributed by atoms with Gasteiger partial charge in [-0.3, -0.25) is 4.79 Å². The molecule has 0 saturated heterocycles. The highest BCUT2D eigenvalue weighted by Gasteiger charge is 2.41. The predicted molar refractivity (Wildman–Crippen MR) is 60.4 cm³/mol. The van der Waals surface area contributed by atoms with E-state index in [-0.39, 0.29) is 0 Å². The van der Waals surface area contributed by atoms with Crippen LogP contribution in [0, 0.1) is 0 Å². The van der Waals surface area contributed by atoms with E-state index >= 15 is 0 Å². The topological polar surface area (TPSA) is 95.7 Å².